The molecule has 2 heteroatoms. The highest BCUT2D eigenvalue weighted by molar-refractivity contribution is 7.81. The van der Waals surface area contributed by atoms with Gasteiger partial charge in [-0.15, -0.1) is 0 Å². The molecule has 0 saturated carbocycles. The summed E-state index contributed by atoms with van der Waals surface area (Å²) in [5.41, 5.74) is 5.73. The van der Waals surface area contributed by atoms with Crippen molar-refractivity contribution in [2.75, 3.05) is 0 Å². The molecule has 0 heterocycles. The first-order valence-corrected chi connectivity index (χ1v) is 4.17. The fourth-order valence-corrected chi connectivity index (χ4v) is 1.25. The minimum atomic E-state index is 0.285. The standard InChI is InChI=1S/C7H17NS/c1-3-5-7(9)6(8)4-2/h6-7,9H,3-5,8H2,1-2H3. The summed E-state index contributed by atoms with van der Waals surface area (Å²) in [6.07, 6.45) is 3.36. The highest BCUT2D eigenvalue weighted by Gasteiger charge is 2.08. The number of hydrogen-bond donors (Lipinski definition) is 2. The molecule has 0 aromatic carbocycles. The van der Waals surface area contributed by atoms with E-state index in [9.17, 15) is 0 Å². The van der Waals surface area contributed by atoms with Crippen molar-refractivity contribution >= 4 is 12.6 Å². The van der Waals surface area contributed by atoms with E-state index in [-0.39, 0.29) is 6.04 Å². The quantitative estimate of drug-likeness (QED) is 0.583. The van der Waals surface area contributed by atoms with Gasteiger partial charge in [0.25, 0.3) is 0 Å². The third-order valence-corrected chi connectivity index (χ3v) is 2.19. The van der Waals surface area contributed by atoms with Crippen LogP contribution in [0, 0.1) is 0 Å². The molecule has 2 N–H and O–H groups in total. The van der Waals surface area contributed by atoms with Gasteiger partial charge in [-0.05, 0) is 12.8 Å². The number of nitrogens with two attached hydrogens (primary N) is 1. The van der Waals surface area contributed by atoms with Crippen LogP contribution in [0.15, 0.2) is 0 Å². The third-order valence-electron chi connectivity index (χ3n) is 1.55. The van der Waals surface area contributed by atoms with Crippen molar-refractivity contribution in [3.8, 4) is 0 Å². The highest BCUT2D eigenvalue weighted by Crippen LogP contribution is 2.09. The van der Waals surface area contributed by atoms with E-state index in [4.69, 9.17) is 5.73 Å². The predicted molar refractivity (Wildman–Crippen MR) is 45.9 cm³/mol. The Morgan fingerprint density at radius 1 is 1.44 bits per heavy atom. The maximum absolute atomic E-state index is 5.73. The van der Waals surface area contributed by atoms with Crippen LogP contribution in [0.2, 0.25) is 0 Å². The van der Waals surface area contributed by atoms with Gasteiger partial charge in [0.15, 0.2) is 0 Å². The van der Waals surface area contributed by atoms with Crippen molar-refractivity contribution in [1.29, 1.82) is 0 Å². The van der Waals surface area contributed by atoms with E-state index >= 15 is 0 Å². The average molecular weight is 147 g/mol. The Hall–Kier alpha value is 0.310. The van der Waals surface area contributed by atoms with Crippen LogP contribution in [-0.2, 0) is 0 Å². The first kappa shape index (κ1) is 9.31. The van der Waals surface area contributed by atoms with Crippen LogP contribution in [0.3, 0.4) is 0 Å². The lowest BCUT2D eigenvalue weighted by atomic mass is 10.1. The van der Waals surface area contributed by atoms with Gasteiger partial charge in [-0.1, -0.05) is 20.3 Å². The van der Waals surface area contributed by atoms with Gasteiger partial charge in [-0.3, -0.25) is 0 Å². The maximum Gasteiger partial charge on any atom is 0.0168 e. The molecule has 0 aromatic rings. The molecule has 56 valence electrons. The van der Waals surface area contributed by atoms with Crippen molar-refractivity contribution in [2.24, 2.45) is 5.73 Å². The Morgan fingerprint density at radius 3 is 2.33 bits per heavy atom. The molecule has 0 aliphatic rings. The second kappa shape index (κ2) is 5.12. The summed E-state index contributed by atoms with van der Waals surface area (Å²) in [7, 11) is 0. The lowest BCUT2D eigenvalue weighted by Crippen LogP contribution is -2.29. The van der Waals surface area contributed by atoms with E-state index < -0.39 is 0 Å². The van der Waals surface area contributed by atoms with Crippen LogP contribution in [0.1, 0.15) is 33.1 Å². The molecule has 0 aliphatic carbocycles. The van der Waals surface area contributed by atoms with Crippen molar-refractivity contribution in [3.63, 3.8) is 0 Å². The SMILES string of the molecule is CCCC(S)C(N)CC. The van der Waals surface area contributed by atoms with Crippen LogP contribution in [-0.4, -0.2) is 11.3 Å². The molecule has 2 unspecified atom stereocenters. The first-order valence-electron chi connectivity index (χ1n) is 3.66. The summed E-state index contributed by atoms with van der Waals surface area (Å²) < 4.78 is 0. The van der Waals surface area contributed by atoms with E-state index in [1.165, 1.54) is 6.42 Å². The number of rotatable bonds is 4. The summed E-state index contributed by atoms with van der Waals surface area (Å²) >= 11 is 4.36. The number of thiol groups is 1. The normalized spacial score (nSPS) is 17.3. The summed E-state index contributed by atoms with van der Waals surface area (Å²) in [5, 5.41) is 0.403. The zero-order valence-corrected chi connectivity index (χ0v) is 7.20. The van der Waals surface area contributed by atoms with Gasteiger partial charge in [0, 0.05) is 11.3 Å². The lowest BCUT2D eigenvalue weighted by Gasteiger charge is -2.15. The Morgan fingerprint density at radius 2 is 2.00 bits per heavy atom. The summed E-state index contributed by atoms with van der Waals surface area (Å²) in [6, 6.07) is 0.285. The molecule has 0 aromatic heterocycles. The monoisotopic (exact) mass is 147 g/mol. The second-order valence-corrected chi connectivity index (χ2v) is 3.09. The molecule has 9 heavy (non-hydrogen) atoms. The molecule has 0 saturated heterocycles. The molecule has 0 fully saturated rings. The van der Waals surface area contributed by atoms with Gasteiger partial charge in [0.05, 0.1) is 0 Å². The van der Waals surface area contributed by atoms with Crippen molar-refractivity contribution < 1.29 is 0 Å². The molecule has 0 amide bonds. The van der Waals surface area contributed by atoms with Crippen LogP contribution in [0.5, 0.6) is 0 Å². The Bertz CT molecular complexity index is 65.9. The molecular weight excluding hydrogens is 130 g/mol. The van der Waals surface area contributed by atoms with Crippen molar-refractivity contribution in [2.45, 2.75) is 44.4 Å². The van der Waals surface area contributed by atoms with Gasteiger partial charge in [-0.2, -0.15) is 12.6 Å². The molecular formula is C7H17NS. The largest absolute Gasteiger partial charge is 0.327 e. The Balaban J connectivity index is 3.32. The van der Waals surface area contributed by atoms with E-state index in [0.717, 1.165) is 12.8 Å². The first-order chi connectivity index (χ1) is 4.22. The minimum Gasteiger partial charge on any atom is -0.327 e. The predicted octanol–water partition coefficient (Wildman–Crippen LogP) is 1.82. The van der Waals surface area contributed by atoms with Crippen molar-refractivity contribution in [1.82, 2.24) is 0 Å². The highest BCUT2D eigenvalue weighted by atomic mass is 32.1. The summed E-state index contributed by atoms with van der Waals surface area (Å²) in [5.74, 6) is 0. The maximum atomic E-state index is 5.73. The fraction of sp³-hybridized carbons (Fsp3) is 1.00. The Labute approximate surface area is 63.4 Å². The van der Waals surface area contributed by atoms with E-state index in [0.29, 0.717) is 5.25 Å². The van der Waals surface area contributed by atoms with E-state index in [2.05, 4.69) is 26.5 Å². The van der Waals surface area contributed by atoms with Gasteiger partial charge in [0.1, 0.15) is 0 Å². The topological polar surface area (TPSA) is 26.0 Å². The van der Waals surface area contributed by atoms with Crippen LogP contribution in [0.25, 0.3) is 0 Å². The van der Waals surface area contributed by atoms with Crippen LogP contribution < -0.4 is 5.73 Å². The minimum absolute atomic E-state index is 0.285. The Kier molecular flexibility index (Phi) is 5.30. The van der Waals surface area contributed by atoms with Crippen molar-refractivity contribution in [3.05, 3.63) is 0 Å². The molecule has 1 nitrogen and oxygen atoms in total. The molecule has 0 radical (unpaired) electrons. The van der Waals surface area contributed by atoms with Gasteiger partial charge < -0.3 is 5.73 Å². The molecule has 2 atom stereocenters. The zero-order chi connectivity index (χ0) is 7.28. The molecule has 0 rings (SSSR count). The lowest BCUT2D eigenvalue weighted by molar-refractivity contribution is 0.580. The van der Waals surface area contributed by atoms with Gasteiger partial charge in [0.2, 0.25) is 0 Å². The zero-order valence-electron chi connectivity index (χ0n) is 6.30. The van der Waals surface area contributed by atoms with Crippen LogP contribution >= 0.6 is 12.6 Å². The van der Waals surface area contributed by atoms with Gasteiger partial charge in [-0.25, -0.2) is 0 Å². The van der Waals surface area contributed by atoms with Crippen LogP contribution in [0.4, 0.5) is 0 Å². The average Bonchev–Trinajstić information content (AvgIpc) is 1.87. The fourth-order valence-electron chi connectivity index (χ4n) is 0.782. The van der Waals surface area contributed by atoms with Gasteiger partial charge >= 0.3 is 0 Å². The molecule has 0 aliphatic heterocycles. The number of hydrogen-bond acceptors (Lipinski definition) is 2. The smallest absolute Gasteiger partial charge is 0.0168 e. The van der Waals surface area contributed by atoms with E-state index in [1.54, 1.807) is 0 Å². The molecule has 0 spiro atoms. The molecule has 0 bridgehead atoms. The third kappa shape index (κ3) is 3.82. The van der Waals surface area contributed by atoms with E-state index in [1.807, 2.05) is 0 Å². The summed E-state index contributed by atoms with van der Waals surface area (Å²) in [6.45, 7) is 4.26. The summed E-state index contributed by atoms with van der Waals surface area (Å²) in [4.78, 5) is 0. The second-order valence-electron chi connectivity index (χ2n) is 2.43.